The first-order valence-corrected chi connectivity index (χ1v) is 6.91. The van der Waals surface area contributed by atoms with Gasteiger partial charge in [-0.3, -0.25) is 4.99 Å². The molecule has 3 nitrogen and oxygen atoms in total. The minimum absolute atomic E-state index is 0.442. The second kappa shape index (κ2) is 5.72. The van der Waals surface area contributed by atoms with Crippen molar-refractivity contribution >= 4 is 46.1 Å². The fourth-order valence-electron chi connectivity index (χ4n) is 1.95. The van der Waals surface area contributed by atoms with Crippen LogP contribution < -0.4 is 5.63 Å². The van der Waals surface area contributed by atoms with Crippen molar-refractivity contribution in [2.24, 2.45) is 4.99 Å². The summed E-state index contributed by atoms with van der Waals surface area (Å²) in [6, 6.07) is 13.7. The largest absolute Gasteiger partial charge is 0.423 e. The average molecular weight is 318 g/mol. The van der Waals surface area contributed by atoms with Crippen LogP contribution in [0.15, 0.2) is 62.7 Å². The normalized spacial score (nSPS) is 11.3. The fraction of sp³-hybridized carbons (Fsp3) is 0. The minimum Gasteiger partial charge on any atom is -0.423 e. The van der Waals surface area contributed by atoms with Crippen molar-refractivity contribution in [3.8, 4) is 0 Å². The maximum absolute atomic E-state index is 11.5. The molecular formula is C16H9Cl2NO2. The summed E-state index contributed by atoms with van der Waals surface area (Å²) in [5, 5.41) is 1.82. The third kappa shape index (κ3) is 2.99. The molecule has 0 amide bonds. The Hall–Kier alpha value is -2.10. The summed E-state index contributed by atoms with van der Waals surface area (Å²) < 4.78 is 5.12. The second-order valence-electron chi connectivity index (χ2n) is 4.37. The van der Waals surface area contributed by atoms with Crippen molar-refractivity contribution in [2.45, 2.75) is 0 Å². The van der Waals surface area contributed by atoms with Gasteiger partial charge in [0, 0.05) is 22.2 Å². The van der Waals surface area contributed by atoms with Crippen LogP contribution in [0.25, 0.3) is 11.0 Å². The van der Waals surface area contributed by atoms with Gasteiger partial charge in [0.05, 0.1) is 16.8 Å². The van der Waals surface area contributed by atoms with Crippen LogP contribution in [0.4, 0.5) is 5.69 Å². The summed E-state index contributed by atoms with van der Waals surface area (Å²) in [5.74, 6) is 0. The zero-order chi connectivity index (χ0) is 14.8. The molecule has 1 aromatic heterocycles. The predicted molar refractivity (Wildman–Crippen MR) is 86.2 cm³/mol. The van der Waals surface area contributed by atoms with E-state index in [1.807, 2.05) is 12.1 Å². The SMILES string of the molecule is O=c1cc(N=Cc2ccc(Cl)cc2Cl)c2ccccc2o1. The molecule has 0 unspecified atom stereocenters. The number of benzene rings is 2. The zero-order valence-electron chi connectivity index (χ0n) is 10.7. The van der Waals surface area contributed by atoms with Gasteiger partial charge in [-0.2, -0.15) is 0 Å². The Morgan fingerprint density at radius 3 is 2.67 bits per heavy atom. The maximum atomic E-state index is 11.5. The number of nitrogens with zero attached hydrogens (tertiary/aromatic N) is 1. The van der Waals surface area contributed by atoms with E-state index < -0.39 is 5.63 Å². The van der Waals surface area contributed by atoms with Crippen molar-refractivity contribution in [3.05, 3.63) is 74.6 Å². The molecule has 1 heterocycles. The van der Waals surface area contributed by atoms with Crippen LogP contribution in [-0.4, -0.2) is 6.21 Å². The molecule has 0 fully saturated rings. The molecule has 0 saturated heterocycles. The summed E-state index contributed by atoms with van der Waals surface area (Å²) in [7, 11) is 0. The maximum Gasteiger partial charge on any atom is 0.338 e. The van der Waals surface area contributed by atoms with Crippen LogP contribution in [0.3, 0.4) is 0 Å². The van der Waals surface area contributed by atoms with E-state index in [1.54, 1.807) is 36.5 Å². The van der Waals surface area contributed by atoms with E-state index in [4.69, 9.17) is 27.6 Å². The van der Waals surface area contributed by atoms with Crippen molar-refractivity contribution in [1.29, 1.82) is 0 Å². The Bertz CT molecular complexity index is 900. The highest BCUT2D eigenvalue weighted by molar-refractivity contribution is 6.36. The Balaban J connectivity index is 2.09. The highest BCUT2D eigenvalue weighted by Crippen LogP contribution is 2.25. The third-order valence-electron chi connectivity index (χ3n) is 2.93. The summed E-state index contributed by atoms with van der Waals surface area (Å²) in [4.78, 5) is 15.9. The van der Waals surface area contributed by atoms with Crippen molar-refractivity contribution in [3.63, 3.8) is 0 Å². The van der Waals surface area contributed by atoms with Crippen LogP contribution in [0.1, 0.15) is 5.56 Å². The lowest BCUT2D eigenvalue weighted by atomic mass is 10.2. The molecule has 0 aliphatic heterocycles. The van der Waals surface area contributed by atoms with Crippen LogP contribution in [0, 0.1) is 0 Å². The second-order valence-corrected chi connectivity index (χ2v) is 5.21. The molecule has 0 saturated carbocycles. The molecule has 21 heavy (non-hydrogen) atoms. The van der Waals surface area contributed by atoms with E-state index in [9.17, 15) is 4.79 Å². The first kappa shape index (κ1) is 13.9. The summed E-state index contributed by atoms with van der Waals surface area (Å²) >= 11 is 11.9. The molecular weight excluding hydrogens is 309 g/mol. The van der Waals surface area contributed by atoms with Crippen LogP contribution in [-0.2, 0) is 0 Å². The van der Waals surface area contributed by atoms with Crippen molar-refractivity contribution in [2.75, 3.05) is 0 Å². The van der Waals surface area contributed by atoms with Gasteiger partial charge in [-0.15, -0.1) is 0 Å². The quantitative estimate of drug-likeness (QED) is 0.501. The number of halogens is 2. The van der Waals surface area contributed by atoms with E-state index in [-0.39, 0.29) is 0 Å². The zero-order valence-corrected chi connectivity index (χ0v) is 12.2. The highest BCUT2D eigenvalue weighted by Gasteiger charge is 2.04. The third-order valence-corrected chi connectivity index (χ3v) is 3.50. The van der Waals surface area contributed by atoms with Crippen molar-refractivity contribution < 1.29 is 4.42 Å². The van der Waals surface area contributed by atoms with Gasteiger partial charge >= 0.3 is 5.63 Å². The number of hydrogen-bond acceptors (Lipinski definition) is 3. The fourth-order valence-corrected chi connectivity index (χ4v) is 2.40. The van der Waals surface area contributed by atoms with Crippen molar-refractivity contribution in [1.82, 2.24) is 0 Å². The van der Waals surface area contributed by atoms with Gasteiger partial charge in [0.2, 0.25) is 0 Å². The summed E-state index contributed by atoms with van der Waals surface area (Å²) in [6.07, 6.45) is 1.60. The van der Waals surface area contributed by atoms with Gasteiger partial charge in [-0.25, -0.2) is 4.79 Å². The summed E-state index contributed by atoms with van der Waals surface area (Å²) in [5.41, 5.74) is 1.31. The molecule has 5 heteroatoms. The van der Waals surface area contributed by atoms with Gasteiger partial charge in [0.1, 0.15) is 5.58 Å². The van der Waals surface area contributed by atoms with E-state index in [0.29, 0.717) is 21.3 Å². The van der Waals surface area contributed by atoms with Gasteiger partial charge < -0.3 is 4.42 Å². The van der Waals surface area contributed by atoms with Gasteiger partial charge in [0.25, 0.3) is 0 Å². The predicted octanol–water partition coefficient (Wildman–Crippen LogP) is 4.85. The van der Waals surface area contributed by atoms with Crippen LogP contribution in [0.5, 0.6) is 0 Å². The molecule has 104 valence electrons. The van der Waals surface area contributed by atoms with Crippen LogP contribution >= 0.6 is 23.2 Å². The number of rotatable bonds is 2. The van der Waals surface area contributed by atoms with E-state index in [1.165, 1.54) is 6.07 Å². The number of fused-ring (bicyclic) bond motifs is 1. The molecule has 0 N–H and O–H groups in total. The Labute approximate surface area is 130 Å². The topological polar surface area (TPSA) is 42.6 Å². The lowest BCUT2D eigenvalue weighted by molar-refractivity contribution is 0.561. The van der Waals surface area contributed by atoms with E-state index in [2.05, 4.69) is 4.99 Å². The smallest absolute Gasteiger partial charge is 0.338 e. The number of aliphatic imine (C=N–C) groups is 1. The minimum atomic E-state index is -0.442. The number of para-hydroxylation sites is 1. The lowest BCUT2D eigenvalue weighted by Crippen LogP contribution is -1.95. The Kier molecular flexibility index (Phi) is 3.78. The first-order chi connectivity index (χ1) is 10.1. The average Bonchev–Trinajstić information content (AvgIpc) is 2.46. The Morgan fingerprint density at radius 1 is 1.05 bits per heavy atom. The first-order valence-electron chi connectivity index (χ1n) is 6.15. The van der Waals surface area contributed by atoms with E-state index in [0.717, 1.165) is 10.9 Å². The van der Waals surface area contributed by atoms with Crippen LogP contribution in [0.2, 0.25) is 10.0 Å². The van der Waals surface area contributed by atoms with Gasteiger partial charge in [-0.1, -0.05) is 41.4 Å². The summed E-state index contributed by atoms with van der Waals surface area (Å²) in [6.45, 7) is 0. The lowest BCUT2D eigenvalue weighted by Gasteiger charge is -2.01. The molecule has 0 bridgehead atoms. The molecule has 3 rings (SSSR count). The molecule has 0 aliphatic carbocycles. The monoisotopic (exact) mass is 317 g/mol. The molecule has 0 spiro atoms. The van der Waals surface area contributed by atoms with Gasteiger partial charge in [-0.05, 0) is 24.3 Å². The molecule has 2 aromatic carbocycles. The standard InChI is InChI=1S/C16H9Cl2NO2/c17-11-6-5-10(13(18)7-11)9-19-14-8-16(20)21-15-4-2-1-3-12(14)15/h1-9H. The van der Waals surface area contributed by atoms with E-state index >= 15 is 0 Å². The van der Waals surface area contributed by atoms with Gasteiger partial charge in [0.15, 0.2) is 0 Å². The molecule has 0 atom stereocenters. The number of hydrogen-bond donors (Lipinski definition) is 0. The highest BCUT2D eigenvalue weighted by atomic mass is 35.5. The Morgan fingerprint density at radius 2 is 1.86 bits per heavy atom. The molecule has 0 aliphatic rings. The molecule has 3 aromatic rings. The molecule has 0 radical (unpaired) electrons.